The normalized spacial score (nSPS) is 12.8. The maximum atomic E-state index is 3.58. The molecule has 3 nitrogen and oxygen atoms in total. The molecular weight excluding hydrogens is 302 g/mol. The summed E-state index contributed by atoms with van der Waals surface area (Å²) in [6.07, 6.45) is 0. The van der Waals surface area contributed by atoms with E-state index in [0.717, 1.165) is 24.1 Å². The molecule has 0 saturated carbocycles. The van der Waals surface area contributed by atoms with Crippen LogP contribution in [0.15, 0.2) is 22.7 Å². The molecule has 1 atom stereocenters. The zero-order chi connectivity index (χ0) is 14.4. The molecule has 0 spiro atoms. The molecule has 19 heavy (non-hydrogen) atoms. The van der Waals surface area contributed by atoms with Crippen molar-refractivity contribution in [1.29, 1.82) is 0 Å². The number of nitrogens with zero attached hydrogens (tertiary/aromatic N) is 2. The minimum absolute atomic E-state index is 0.370. The highest BCUT2D eigenvalue weighted by molar-refractivity contribution is 9.10. The van der Waals surface area contributed by atoms with E-state index < -0.39 is 0 Å². The minimum atomic E-state index is 0.370. The van der Waals surface area contributed by atoms with Gasteiger partial charge in [-0.2, -0.15) is 0 Å². The van der Waals surface area contributed by atoms with E-state index in [1.54, 1.807) is 0 Å². The van der Waals surface area contributed by atoms with E-state index in [1.165, 1.54) is 11.3 Å². The van der Waals surface area contributed by atoms with E-state index in [0.29, 0.717) is 6.04 Å². The lowest BCUT2D eigenvalue weighted by Crippen LogP contribution is -2.30. The molecule has 0 heterocycles. The highest BCUT2D eigenvalue weighted by atomic mass is 79.9. The van der Waals surface area contributed by atoms with Gasteiger partial charge in [-0.25, -0.2) is 0 Å². The molecule has 4 heteroatoms. The van der Waals surface area contributed by atoms with Crippen LogP contribution in [0.3, 0.4) is 0 Å². The molecule has 0 aliphatic heterocycles. The topological polar surface area (TPSA) is 18.5 Å². The molecular formula is C15H26BrN3. The summed E-state index contributed by atoms with van der Waals surface area (Å²) in [5.74, 6) is 0. The van der Waals surface area contributed by atoms with Gasteiger partial charge in [-0.05, 0) is 45.3 Å². The highest BCUT2D eigenvalue weighted by Gasteiger charge is 2.13. The fourth-order valence-corrected chi connectivity index (χ4v) is 2.45. The largest absolute Gasteiger partial charge is 0.373 e. The molecule has 0 aromatic heterocycles. The molecule has 0 saturated heterocycles. The van der Waals surface area contributed by atoms with Gasteiger partial charge in [0.1, 0.15) is 0 Å². The third-order valence-corrected chi connectivity index (χ3v) is 3.76. The maximum absolute atomic E-state index is 3.58. The van der Waals surface area contributed by atoms with Gasteiger partial charge in [0.15, 0.2) is 0 Å². The van der Waals surface area contributed by atoms with Crippen molar-refractivity contribution in [2.75, 3.05) is 45.7 Å². The van der Waals surface area contributed by atoms with Crippen molar-refractivity contribution < 1.29 is 0 Å². The average molecular weight is 328 g/mol. The Morgan fingerprint density at radius 1 is 1.21 bits per heavy atom. The third kappa shape index (κ3) is 5.13. The van der Waals surface area contributed by atoms with Gasteiger partial charge in [0.05, 0.1) is 0 Å². The van der Waals surface area contributed by atoms with Crippen LogP contribution >= 0.6 is 15.9 Å². The Balaban J connectivity index is 2.92. The Hall–Kier alpha value is -0.580. The van der Waals surface area contributed by atoms with Crippen LogP contribution in [0, 0.1) is 0 Å². The van der Waals surface area contributed by atoms with Crippen LogP contribution < -0.4 is 10.2 Å². The monoisotopic (exact) mass is 327 g/mol. The van der Waals surface area contributed by atoms with Crippen molar-refractivity contribution in [3.63, 3.8) is 0 Å². The van der Waals surface area contributed by atoms with Gasteiger partial charge < -0.3 is 15.1 Å². The Morgan fingerprint density at radius 3 is 2.47 bits per heavy atom. The Labute approximate surface area is 126 Å². The van der Waals surface area contributed by atoms with Crippen molar-refractivity contribution in [2.45, 2.75) is 19.9 Å². The summed E-state index contributed by atoms with van der Waals surface area (Å²) in [5.41, 5.74) is 2.65. The molecule has 0 radical (unpaired) electrons. The molecule has 0 aliphatic carbocycles. The number of rotatable bonds is 7. The Bertz CT molecular complexity index is 393. The van der Waals surface area contributed by atoms with Gasteiger partial charge in [0.25, 0.3) is 0 Å². The predicted octanol–water partition coefficient (Wildman–Crippen LogP) is 3.12. The van der Waals surface area contributed by atoms with Crippen molar-refractivity contribution in [3.8, 4) is 0 Å². The van der Waals surface area contributed by atoms with Crippen molar-refractivity contribution in [3.05, 3.63) is 28.2 Å². The minimum Gasteiger partial charge on any atom is -0.373 e. The fourth-order valence-electron chi connectivity index (χ4n) is 2.10. The summed E-state index contributed by atoms with van der Waals surface area (Å²) in [7, 11) is 6.38. The number of hydrogen-bond acceptors (Lipinski definition) is 3. The lowest BCUT2D eigenvalue weighted by Gasteiger charge is -2.27. The Morgan fingerprint density at radius 2 is 1.89 bits per heavy atom. The summed E-state index contributed by atoms with van der Waals surface area (Å²) in [6, 6.07) is 6.90. The standard InChI is InChI=1S/C15H26BrN3/c1-6-17-12(2)14-8-7-13(16)11-15(14)19(5)10-9-18(3)4/h7-8,11-12,17H,6,9-10H2,1-5H3. The van der Waals surface area contributed by atoms with Crippen LogP contribution in [0.5, 0.6) is 0 Å². The van der Waals surface area contributed by atoms with Gasteiger partial charge in [0, 0.05) is 36.3 Å². The van der Waals surface area contributed by atoms with Gasteiger partial charge in [-0.1, -0.05) is 28.9 Å². The number of benzene rings is 1. The molecule has 1 N–H and O–H groups in total. The van der Waals surface area contributed by atoms with Gasteiger partial charge in [-0.15, -0.1) is 0 Å². The third-order valence-electron chi connectivity index (χ3n) is 3.26. The molecule has 0 bridgehead atoms. The quantitative estimate of drug-likeness (QED) is 0.830. The van der Waals surface area contributed by atoms with Crippen LogP contribution in [0.1, 0.15) is 25.5 Å². The molecule has 1 unspecified atom stereocenters. The van der Waals surface area contributed by atoms with Crippen molar-refractivity contribution >= 4 is 21.6 Å². The van der Waals surface area contributed by atoms with Crippen molar-refractivity contribution in [1.82, 2.24) is 10.2 Å². The van der Waals surface area contributed by atoms with Crippen LogP contribution in [0.4, 0.5) is 5.69 Å². The second-order valence-electron chi connectivity index (χ2n) is 5.21. The first kappa shape index (κ1) is 16.5. The second-order valence-corrected chi connectivity index (χ2v) is 6.12. The van der Waals surface area contributed by atoms with E-state index in [-0.39, 0.29) is 0 Å². The van der Waals surface area contributed by atoms with E-state index in [4.69, 9.17) is 0 Å². The van der Waals surface area contributed by atoms with Gasteiger partial charge in [0.2, 0.25) is 0 Å². The van der Waals surface area contributed by atoms with E-state index in [2.05, 4.69) is 84.2 Å². The van der Waals surface area contributed by atoms with Gasteiger partial charge in [-0.3, -0.25) is 0 Å². The van der Waals surface area contributed by atoms with Crippen LogP contribution in [0.2, 0.25) is 0 Å². The summed E-state index contributed by atoms with van der Waals surface area (Å²) < 4.78 is 1.13. The Kier molecular flexibility index (Phi) is 6.83. The summed E-state index contributed by atoms with van der Waals surface area (Å²) in [5, 5.41) is 3.49. The number of anilines is 1. The van der Waals surface area contributed by atoms with E-state index in [9.17, 15) is 0 Å². The second kappa shape index (κ2) is 7.88. The number of likely N-dealkylation sites (N-methyl/N-ethyl adjacent to an activating group) is 2. The van der Waals surface area contributed by atoms with Crippen LogP contribution in [-0.2, 0) is 0 Å². The lowest BCUT2D eigenvalue weighted by molar-refractivity contribution is 0.416. The number of halogens is 1. The molecule has 1 rings (SSSR count). The fraction of sp³-hybridized carbons (Fsp3) is 0.600. The van der Waals surface area contributed by atoms with Crippen LogP contribution in [0.25, 0.3) is 0 Å². The van der Waals surface area contributed by atoms with Gasteiger partial charge >= 0.3 is 0 Å². The SMILES string of the molecule is CCNC(C)c1ccc(Br)cc1N(C)CCN(C)C. The maximum Gasteiger partial charge on any atom is 0.0423 e. The molecule has 1 aromatic carbocycles. The molecule has 0 aliphatic rings. The van der Waals surface area contributed by atoms with Crippen molar-refractivity contribution in [2.24, 2.45) is 0 Å². The molecule has 108 valence electrons. The summed E-state index contributed by atoms with van der Waals surface area (Å²) >= 11 is 3.58. The molecule has 1 aromatic rings. The average Bonchev–Trinajstić information content (AvgIpc) is 2.36. The van der Waals surface area contributed by atoms with Crippen LogP contribution in [-0.4, -0.2) is 45.7 Å². The first-order chi connectivity index (χ1) is 8.95. The number of hydrogen-bond donors (Lipinski definition) is 1. The highest BCUT2D eigenvalue weighted by Crippen LogP contribution is 2.29. The zero-order valence-electron chi connectivity index (χ0n) is 12.7. The predicted molar refractivity (Wildman–Crippen MR) is 88.1 cm³/mol. The summed E-state index contributed by atoms with van der Waals surface area (Å²) in [6.45, 7) is 7.42. The molecule has 0 amide bonds. The van der Waals surface area contributed by atoms with E-state index >= 15 is 0 Å². The smallest absolute Gasteiger partial charge is 0.0423 e. The lowest BCUT2D eigenvalue weighted by atomic mass is 10.1. The first-order valence-corrected chi connectivity index (χ1v) is 7.63. The first-order valence-electron chi connectivity index (χ1n) is 6.84. The number of nitrogens with one attached hydrogen (secondary N) is 1. The summed E-state index contributed by atoms with van der Waals surface area (Å²) in [4.78, 5) is 4.54. The van der Waals surface area contributed by atoms with E-state index in [1.807, 2.05) is 0 Å². The zero-order valence-corrected chi connectivity index (χ0v) is 14.3. The molecule has 0 fully saturated rings.